The van der Waals surface area contributed by atoms with Gasteiger partial charge in [-0.2, -0.15) is 0 Å². The van der Waals surface area contributed by atoms with Gasteiger partial charge in [0.1, 0.15) is 33.9 Å². The van der Waals surface area contributed by atoms with E-state index in [9.17, 15) is 9.90 Å². The van der Waals surface area contributed by atoms with Crippen LogP contribution in [0.1, 0.15) is 62.1 Å². The van der Waals surface area contributed by atoms with Crippen LogP contribution < -0.4 is 14.2 Å². The Labute approximate surface area is 248 Å². The number of rotatable bonds is 11. The molecule has 0 bridgehead atoms. The third-order valence-corrected chi connectivity index (χ3v) is 7.65. The Morgan fingerprint density at radius 1 is 0.762 bits per heavy atom. The van der Waals surface area contributed by atoms with Crippen LogP contribution in [0.4, 0.5) is 0 Å². The minimum atomic E-state index is -1.49. The first-order valence-electron chi connectivity index (χ1n) is 14.0. The second-order valence-corrected chi connectivity index (χ2v) is 11.6. The minimum absolute atomic E-state index is 0.305. The fourth-order valence-corrected chi connectivity index (χ4v) is 5.16. The lowest BCUT2D eigenvalue weighted by atomic mass is 9.78. The van der Waals surface area contributed by atoms with Crippen LogP contribution in [0.5, 0.6) is 17.2 Å². The van der Waals surface area contributed by atoms with Crippen molar-refractivity contribution in [1.29, 1.82) is 0 Å². The van der Waals surface area contributed by atoms with Gasteiger partial charge in [-0.05, 0) is 111 Å². The number of H-pyrrole nitrogens is 1. The van der Waals surface area contributed by atoms with E-state index >= 15 is 0 Å². The molecule has 4 aromatic rings. The van der Waals surface area contributed by atoms with Crippen LogP contribution in [-0.4, -0.2) is 43.0 Å². The van der Waals surface area contributed by atoms with E-state index in [1.807, 2.05) is 113 Å². The average Bonchev–Trinajstić information content (AvgIpc) is 3.54. The fraction of sp³-hybridized carbons (Fsp3) is 0.343. The number of carbonyl (C=O) groups is 1. The molecule has 0 saturated heterocycles. The SMILES string of the molecule is COc1ccc(C(O)(c2ccc(OC)cc2)c2ccc(OC)c(CCC(C)(C(=O)OC(C)(C)C)c3ccc[nH]3)c2)cc1. The Morgan fingerprint density at radius 3 is 1.76 bits per heavy atom. The number of nitrogens with one attached hydrogen (secondary N) is 1. The molecule has 0 spiro atoms. The van der Waals surface area contributed by atoms with Crippen molar-refractivity contribution in [3.8, 4) is 17.2 Å². The van der Waals surface area contributed by atoms with Gasteiger partial charge in [-0.1, -0.05) is 30.3 Å². The molecule has 4 rings (SSSR count). The number of aromatic amines is 1. The molecule has 0 saturated carbocycles. The van der Waals surface area contributed by atoms with Gasteiger partial charge >= 0.3 is 5.97 Å². The largest absolute Gasteiger partial charge is 0.497 e. The van der Waals surface area contributed by atoms with E-state index in [-0.39, 0.29) is 5.97 Å². The van der Waals surface area contributed by atoms with Crippen molar-refractivity contribution in [2.75, 3.05) is 21.3 Å². The molecule has 0 radical (unpaired) electrons. The molecule has 0 fully saturated rings. The van der Waals surface area contributed by atoms with Crippen molar-refractivity contribution in [1.82, 2.24) is 4.98 Å². The maximum absolute atomic E-state index is 13.5. The first kappa shape index (κ1) is 30.7. The van der Waals surface area contributed by atoms with Gasteiger partial charge in [0.15, 0.2) is 0 Å². The molecule has 1 atom stereocenters. The van der Waals surface area contributed by atoms with Gasteiger partial charge in [-0.25, -0.2) is 0 Å². The van der Waals surface area contributed by atoms with Gasteiger partial charge in [-0.3, -0.25) is 4.79 Å². The number of methoxy groups -OCH3 is 3. The van der Waals surface area contributed by atoms with Gasteiger partial charge in [0.2, 0.25) is 0 Å². The molecule has 7 heteroatoms. The van der Waals surface area contributed by atoms with Crippen LogP contribution in [-0.2, 0) is 27.0 Å². The minimum Gasteiger partial charge on any atom is -0.497 e. The zero-order valence-corrected chi connectivity index (χ0v) is 25.5. The third-order valence-electron chi connectivity index (χ3n) is 7.65. The van der Waals surface area contributed by atoms with E-state index in [2.05, 4.69) is 4.98 Å². The van der Waals surface area contributed by atoms with Crippen molar-refractivity contribution < 1.29 is 28.8 Å². The topological polar surface area (TPSA) is 90.0 Å². The Hall–Kier alpha value is -4.23. The number of ether oxygens (including phenoxy) is 4. The predicted octanol–water partition coefficient (Wildman–Crippen LogP) is 6.56. The zero-order chi connectivity index (χ0) is 30.5. The van der Waals surface area contributed by atoms with Crippen LogP contribution in [0.3, 0.4) is 0 Å². The molecule has 222 valence electrons. The van der Waals surface area contributed by atoms with Gasteiger partial charge in [-0.15, -0.1) is 0 Å². The highest BCUT2D eigenvalue weighted by Gasteiger charge is 2.40. The lowest BCUT2D eigenvalue weighted by Crippen LogP contribution is -2.39. The Kier molecular flexibility index (Phi) is 9.02. The summed E-state index contributed by atoms with van der Waals surface area (Å²) in [5.74, 6) is 1.75. The first-order valence-corrected chi connectivity index (χ1v) is 14.0. The van der Waals surface area contributed by atoms with E-state index in [1.165, 1.54) is 0 Å². The van der Waals surface area contributed by atoms with Gasteiger partial charge in [0, 0.05) is 11.9 Å². The summed E-state index contributed by atoms with van der Waals surface area (Å²) < 4.78 is 22.3. The highest BCUT2D eigenvalue weighted by Crippen LogP contribution is 2.41. The van der Waals surface area contributed by atoms with Gasteiger partial charge in [0.25, 0.3) is 0 Å². The monoisotopic (exact) mass is 571 g/mol. The molecule has 0 aliphatic carbocycles. The van der Waals surface area contributed by atoms with Crippen molar-refractivity contribution in [2.45, 2.75) is 57.2 Å². The summed E-state index contributed by atoms with van der Waals surface area (Å²) in [6, 6.07) is 24.2. The van der Waals surface area contributed by atoms with Crippen molar-refractivity contribution >= 4 is 5.97 Å². The average molecular weight is 572 g/mol. The molecule has 1 aromatic heterocycles. The number of benzene rings is 3. The molecular weight excluding hydrogens is 530 g/mol. The first-order chi connectivity index (χ1) is 19.9. The standard InChI is InChI=1S/C35H41NO6/c1-33(2,3)42-32(37)34(4,31-9-8-22-36-31)21-20-24-23-27(14-19-30(24)41-7)35(38,25-10-15-28(39-5)16-11-25)26-12-17-29(40-6)18-13-26/h8-19,22-23,36,38H,20-21H2,1-7H3. The second-order valence-electron chi connectivity index (χ2n) is 11.6. The molecule has 2 N–H and O–H groups in total. The Balaban J connectivity index is 1.78. The molecular formula is C35H41NO6. The normalized spacial score (nSPS) is 13.2. The number of aryl methyl sites for hydroxylation is 1. The predicted molar refractivity (Wildman–Crippen MR) is 163 cm³/mol. The molecule has 42 heavy (non-hydrogen) atoms. The van der Waals surface area contributed by atoms with E-state index in [4.69, 9.17) is 18.9 Å². The quantitative estimate of drug-likeness (QED) is 0.157. The molecule has 0 aliphatic heterocycles. The summed E-state index contributed by atoms with van der Waals surface area (Å²) in [6.07, 6.45) is 2.75. The summed E-state index contributed by atoms with van der Waals surface area (Å²) in [6.45, 7) is 7.50. The van der Waals surface area contributed by atoms with Crippen LogP contribution in [0.15, 0.2) is 85.1 Å². The smallest absolute Gasteiger partial charge is 0.318 e. The molecule has 3 aromatic carbocycles. The third kappa shape index (κ3) is 6.31. The Bertz CT molecular complexity index is 1420. The zero-order valence-electron chi connectivity index (χ0n) is 25.5. The van der Waals surface area contributed by atoms with Crippen LogP contribution in [0.2, 0.25) is 0 Å². The van der Waals surface area contributed by atoms with Gasteiger partial charge in [0.05, 0.1) is 21.3 Å². The highest BCUT2D eigenvalue weighted by molar-refractivity contribution is 5.82. The van der Waals surface area contributed by atoms with E-state index in [0.29, 0.717) is 46.8 Å². The van der Waals surface area contributed by atoms with Crippen LogP contribution >= 0.6 is 0 Å². The lowest BCUT2D eigenvalue weighted by molar-refractivity contribution is -0.162. The Morgan fingerprint density at radius 2 is 1.31 bits per heavy atom. The van der Waals surface area contributed by atoms with E-state index in [1.54, 1.807) is 21.3 Å². The molecule has 0 aliphatic rings. The highest BCUT2D eigenvalue weighted by atomic mass is 16.6. The maximum Gasteiger partial charge on any atom is 0.318 e. The summed E-state index contributed by atoms with van der Waals surface area (Å²) >= 11 is 0. The molecule has 1 heterocycles. The summed E-state index contributed by atoms with van der Waals surface area (Å²) in [4.78, 5) is 16.7. The molecule has 0 amide bonds. The summed E-state index contributed by atoms with van der Waals surface area (Å²) in [5, 5.41) is 12.5. The number of aromatic nitrogens is 1. The van der Waals surface area contributed by atoms with Crippen molar-refractivity contribution in [2.24, 2.45) is 0 Å². The number of aliphatic hydroxyl groups is 1. The molecule has 1 unspecified atom stereocenters. The second kappa shape index (κ2) is 12.3. The van der Waals surface area contributed by atoms with E-state index in [0.717, 1.165) is 11.3 Å². The van der Waals surface area contributed by atoms with Crippen LogP contribution in [0.25, 0.3) is 0 Å². The number of carbonyl (C=O) groups excluding carboxylic acids is 1. The van der Waals surface area contributed by atoms with Crippen molar-refractivity contribution in [3.63, 3.8) is 0 Å². The number of hydrogen-bond donors (Lipinski definition) is 2. The summed E-state index contributed by atoms with van der Waals surface area (Å²) in [5.41, 5.74) is 0.594. The fourth-order valence-electron chi connectivity index (χ4n) is 5.16. The van der Waals surface area contributed by atoms with E-state index < -0.39 is 16.6 Å². The maximum atomic E-state index is 13.5. The molecule has 7 nitrogen and oxygen atoms in total. The lowest BCUT2D eigenvalue weighted by Gasteiger charge is -2.32. The number of esters is 1. The summed E-state index contributed by atoms with van der Waals surface area (Å²) in [7, 11) is 4.84. The number of hydrogen-bond acceptors (Lipinski definition) is 6. The van der Waals surface area contributed by atoms with Crippen LogP contribution in [0, 0.1) is 0 Å². The van der Waals surface area contributed by atoms with Crippen molar-refractivity contribution in [3.05, 3.63) is 113 Å². The van der Waals surface area contributed by atoms with Gasteiger partial charge < -0.3 is 29.0 Å².